The van der Waals surface area contributed by atoms with Crippen LogP contribution in [0.5, 0.6) is 5.75 Å². The lowest BCUT2D eigenvalue weighted by Gasteiger charge is -2.34. The van der Waals surface area contributed by atoms with Crippen LogP contribution in [0, 0.1) is 0 Å². The van der Waals surface area contributed by atoms with Crippen LogP contribution in [0.25, 0.3) is 0 Å². The van der Waals surface area contributed by atoms with Gasteiger partial charge >= 0.3 is 6.03 Å². The normalized spacial score (nSPS) is 15.4. The van der Waals surface area contributed by atoms with Crippen LogP contribution in [-0.4, -0.2) is 56.4 Å². The van der Waals surface area contributed by atoms with E-state index in [0.29, 0.717) is 31.1 Å². The highest BCUT2D eigenvalue weighted by Crippen LogP contribution is 2.24. The van der Waals surface area contributed by atoms with Gasteiger partial charge in [0, 0.05) is 26.2 Å². The molecule has 2 aromatic rings. The number of hydrogen-bond acceptors (Lipinski definition) is 4. The predicted molar refractivity (Wildman–Crippen MR) is 103 cm³/mol. The molecule has 0 bridgehead atoms. The zero-order valence-corrected chi connectivity index (χ0v) is 16.0. The molecule has 0 saturated carbocycles. The number of benzene rings is 2. The summed E-state index contributed by atoms with van der Waals surface area (Å²) in [6.07, 6.45) is 0. The Morgan fingerprint density at radius 2 is 1.63 bits per heavy atom. The summed E-state index contributed by atoms with van der Waals surface area (Å²) in [6, 6.07) is 15.3. The molecule has 1 aliphatic heterocycles. The summed E-state index contributed by atoms with van der Waals surface area (Å²) in [4.78, 5) is 14.4. The van der Waals surface area contributed by atoms with Gasteiger partial charge in [0.1, 0.15) is 5.75 Å². The third-order valence-electron chi connectivity index (χ3n) is 4.34. The molecule has 27 heavy (non-hydrogen) atoms. The monoisotopic (exact) mass is 389 g/mol. The van der Waals surface area contributed by atoms with E-state index in [4.69, 9.17) is 4.74 Å². The topological polar surface area (TPSA) is 79.0 Å². The van der Waals surface area contributed by atoms with Crippen molar-refractivity contribution in [1.29, 1.82) is 0 Å². The summed E-state index contributed by atoms with van der Waals surface area (Å²) >= 11 is 0. The van der Waals surface area contributed by atoms with Crippen molar-refractivity contribution in [3.8, 4) is 5.75 Å². The molecule has 0 spiro atoms. The Hall–Kier alpha value is -2.58. The SMILES string of the molecule is CCOc1ccccc1NC(=O)N1CCN(S(=O)(=O)c2ccccc2)CC1. The van der Waals surface area contributed by atoms with Crippen molar-refractivity contribution < 1.29 is 17.9 Å². The molecule has 3 rings (SSSR count). The van der Waals surface area contributed by atoms with Crippen LogP contribution >= 0.6 is 0 Å². The summed E-state index contributed by atoms with van der Waals surface area (Å²) in [5, 5.41) is 2.84. The molecular weight excluding hydrogens is 366 g/mol. The molecule has 2 aromatic carbocycles. The number of sulfonamides is 1. The predicted octanol–water partition coefficient (Wildman–Crippen LogP) is 2.62. The number of ether oxygens (including phenoxy) is 1. The highest BCUT2D eigenvalue weighted by molar-refractivity contribution is 7.89. The molecule has 1 N–H and O–H groups in total. The summed E-state index contributed by atoms with van der Waals surface area (Å²) < 4.78 is 32.3. The van der Waals surface area contributed by atoms with Gasteiger partial charge in [-0.05, 0) is 31.2 Å². The summed E-state index contributed by atoms with van der Waals surface area (Å²) in [5.74, 6) is 0.610. The maximum absolute atomic E-state index is 12.7. The van der Waals surface area contributed by atoms with Crippen LogP contribution in [-0.2, 0) is 10.0 Å². The first-order valence-corrected chi connectivity index (χ1v) is 10.3. The Labute approximate surface area is 159 Å². The lowest BCUT2D eigenvalue weighted by molar-refractivity contribution is 0.184. The first kappa shape index (κ1) is 19.2. The Bertz CT molecular complexity index is 879. The quantitative estimate of drug-likeness (QED) is 0.853. The van der Waals surface area contributed by atoms with Crippen LogP contribution in [0.3, 0.4) is 0 Å². The fourth-order valence-electron chi connectivity index (χ4n) is 2.92. The van der Waals surface area contributed by atoms with E-state index >= 15 is 0 Å². The van der Waals surface area contributed by atoms with Crippen molar-refractivity contribution in [1.82, 2.24) is 9.21 Å². The Morgan fingerprint density at radius 3 is 2.30 bits per heavy atom. The number of piperazine rings is 1. The van der Waals surface area contributed by atoms with E-state index in [1.807, 2.05) is 19.1 Å². The van der Waals surface area contributed by atoms with Crippen molar-refractivity contribution in [3.63, 3.8) is 0 Å². The first-order chi connectivity index (χ1) is 13.0. The second-order valence-electron chi connectivity index (χ2n) is 6.06. The van der Waals surface area contributed by atoms with Crippen molar-refractivity contribution in [3.05, 3.63) is 54.6 Å². The largest absolute Gasteiger partial charge is 0.492 e. The molecule has 1 fully saturated rings. The lowest BCUT2D eigenvalue weighted by Crippen LogP contribution is -2.51. The highest BCUT2D eigenvalue weighted by Gasteiger charge is 2.30. The zero-order valence-electron chi connectivity index (χ0n) is 15.2. The van der Waals surface area contributed by atoms with Crippen LogP contribution in [0.2, 0.25) is 0 Å². The second kappa shape index (κ2) is 8.41. The molecule has 1 aliphatic rings. The van der Waals surface area contributed by atoms with Gasteiger partial charge in [-0.2, -0.15) is 4.31 Å². The number of amides is 2. The number of anilines is 1. The summed E-state index contributed by atoms with van der Waals surface area (Å²) in [5.41, 5.74) is 0.601. The van der Waals surface area contributed by atoms with Crippen molar-refractivity contribution in [2.45, 2.75) is 11.8 Å². The van der Waals surface area contributed by atoms with E-state index in [1.54, 1.807) is 47.4 Å². The number of urea groups is 1. The van der Waals surface area contributed by atoms with E-state index in [0.717, 1.165) is 0 Å². The van der Waals surface area contributed by atoms with E-state index in [2.05, 4.69) is 5.32 Å². The summed E-state index contributed by atoms with van der Waals surface area (Å²) in [6.45, 7) is 3.56. The zero-order chi connectivity index (χ0) is 19.3. The molecule has 7 nitrogen and oxygen atoms in total. The molecule has 144 valence electrons. The number of hydrogen-bond donors (Lipinski definition) is 1. The number of nitrogens with zero attached hydrogens (tertiary/aromatic N) is 2. The lowest BCUT2D eigenvalue weighted by atomic mass is 10.3. The molecule has 2 amide bonds. The smallest absolute Gasteiger partial charge is 0.322 e. The number of carbonyl (C=O) groups excluding carboxylic acids is 1. The van der Waals surface area contributed by atoms with Crippen LogP contribution < -0.4 is 10.1 Å². The van der Waals surface area contributed by atoms with Crippen LogP contribution in [0.1, 0.15) is 6.92 Å². The van der Waals surface area contributed by atoms with Crippen molar-refractivity contribution in [2.75, 3.05) is 38.1 Å². The van der Waals surface area contributed by atoms with Gasteiger partial charge in [-0.15, -0.1) is 0 Å². The van der Waals surface area contributed by atoms with Gasteiger partial charge in [0.25, 0.3) is 0 Å². The molecule has 0 radical (unpaired) electrons. The molecule has 0 aliphatic carbocycles. The first-order valence-electron chi connectivity index (χ1n) is 8.85. The minimum Gasteiger partial charge on any atom is -0.492 e. The van der Waals surface area contributed by atoms with Gasteiger partial charge in [-0.1, -0.05) is 30.3 Å². The second-order valence-corrected chi connectivity index (χ2v) is 8.00. The van der Waals surface area contributed by atoms with Crippen molar-refractivity contribution >= 4 is 21.7 Å². The molecule has 8 heteroatoms. The van der Waals surface area contributed by atoms with E-state index < -0.39 is 10.0 Å². The van der Waals surface area contributed by atoms with Gasteiger partial charge in [0.15, 0.2) is 0 Å². The standard InChI is InChI=1S/C19H23N3O4S/c1-2-26-18-11-7-6-10-17(18)20-19(23)21-12-14-22(15-13-21)27(24,25)16-8-4-3-5-9-16/h3-11H,2,12-15H2,1H3,(H,20,23). The third kappa shape index (κ3) is 4.40. The molecule has 1 saturated heterocycles. The highest BCUT2D eigenvalue weighted by atomic mass is 32.2. The fourth-order valence-corrected chi connectivity index (χ4v) is 4.36. The van der Waals surface area contributed by atoms with E-state index in [-0.39, 0.29) is 24.0 Å². The molecular formula is C19H23N3O4S. The number of carbonyl (C=O) groups is 1. The molecule has 0 unspecified atom stereocenters. The van der Waals surface area contributed by atoms with Crippen LogP contribution in [0.4, 0.5) is 10.5 Å². The summed E-state index contributed by atoms with van der Waals surface area (Å²) in [7, 11) is -3.53. The maximum Gasteiger partial charge on any atom is 0.322 e. The fraction of sp³-hybridized carbons (Fsp3) is 0.316. The number of rotatable bonds is 5. The third-order valence-corrected chi connectivity index (χ3v) is 6.25. The average Bonchev–Trinajstić information content (AvgIpc) is 2.70. The number of para-hydroxylation sites is 2. The van der Waals surface area contributed by atoms with Crippen LogP contribution in [0.15, 0.2) is 59.5 Å². The average molecular weight is 389 g/mol. The molecule has 0 aromatic heterocycles. The van der Waals surface area contributed by atoms with Crippen molar-refractivity contribution in [2.24, 2.45) is 0 Å². The minimum atomic E-state index is -3.53. The van der Waals surface area contributed by atoms with E-state index in [1.165, 1.54) is 4.31 Å². The van der Waals surface area contributed by atoms with Gasteiger partial charge in [-0.25, -0.2) is 13.2 Å². The Morgan fingerprint density at radius 1 is 1.00 bits per heavy atom. The van der Waals surface area contributed by atoms with Gasteiger partial charge < -0.3 is 15.0 Å². The molecule has 1 heterocycles. The van der Waals surface area contributed by atoms with Gasteiger partial charge in [0.05, 0.1) is 17.2 Å². The minimum absolute atomic E-state index is 0.262. The Balaban J connectivity index is 1.62. The van der Waals surface area contributed by atoms with Gasteiger partial charge in [0.2, 0.25) is 10.0 Å². The molecule has 0 atom stereocenters. The maximum atomic E-state index is 12.7. The van der Waals surface area contributed by atoms with E-state index in [9.17, 15) is 13.2 Å². The van der Waals surface area contributed by atoms with Gasteiger partial charge in [-0.3, -0.25) is 0 Å². The Kier molecular flexibility index (Phi) is 5.98. The number of nitrogens with one attached hydrogen (secondary N) is 1.